The first kappa shape index (κ1) is 23.4. The van der Waals surface area contributed by atoms with E-state index in [4.69, 9.17) is 16.3 Å². The summed E-state index contributed by atoms with van der Waals surface area (Å²) in [6, 6.07) is 16.5. The van der Waals surface area contributed by atoms with Gasteiger partial charge in [0, 0.05) is 21.5 Å². The summed E-state index contributed by atoms with van der Waals surface area (Å²) in [4.78, 5) is 13.0. The normalized spacial score (nSPS) is 11.6. The van der Waals surface area contributed by atoms with E-state index in [0.717, 1.165) is 6.07 Å². The zero-order valence-corrected chi connectivity index (χ0v) is 18.1. The first-order valence-electron chi connectivity index (χ1n) is 9.98. The molecular formula is C24H16ClF4N3O2. The van der Waals surface area contributed by atoms with E-state index in [2.05, 4.69) is 15.5 Å². The van der Waals surface area contributed by atoms with Crippen LogP contribution >= 0.6 is 11.6 Å². The van der Waals surface area contributed by atoms with Crippen LogP contribution in [0.25, 0.3) is 10.9 Å². The van der Waals surface area contributed by atoms with Crippen molar-refractivity contribution in [2.45, 2.75) is 12.3 Å². The number of amides is 1. The molecule has 0 bridgehead atoms. The lowest BCUT2D eigenvalue weighted by Crippen LogP contribution is -2.35. The summed E-state index contributed by atoms with van der Waals surface area (Å²) in [5, 5.41) is 10.7. The van der Waals surface area contributed by atoms with Crippen molar-refractivity contribution < 1.29 is 27.1 Å². The third kappa shape index (κ3) is 5.09. The monoisotopic (exact) mass is 489 g/mol. The minimum absolute atomic E-state index is 0.0112. The number of halogens is 5. The summed E-state index contributed by atoms with van der Waals surface area (Å²) in [7, 11) is 0. The average Bonchev–Trinajstić information content (AvgIpc) is 2.83. The Morgan fingerprint density at radius 3 is 2.47 bits per heavy atom. The topological polar surface area (TPSA) is 64.1 Å². The van der Waals surface area contributed by atoms with E-state index in [1.54, 1.807) is 24.3 Å². The van der Waals surface area contributed by atoms with Crippen molar-refractivity contribution in [1.29, 1.82) is 0 Å². The summed E-state index contributed by atoms with van der Waals surface area (Å²) in [6.45, 7) is -1.01. The molecule has 1 aromatic heterocycles. The number of fused-ring (bicyclic) bond motifs is 1. The molecule has 4 rings (SSSR count). The molecule has 0 saturated carbocycles. The van der Waals surface area contributed by atoms with E-state index in [-0.39, 0.29) is 28.3 Å². The largest absolute Gasteiger partial charge is 0.437 e. The van der Waals surface area contributed by atoms with E-state index in [9.17, 15) is 22.4 Å². The zero-order valence-electron chi connectivity index (χ0n) is 17.3. The minimum atomic E-state index is -3.39. The molecule has 0 spiro atoms. The number of aromatic nitrogens is 2. The fraction of sp³-hybridized carbons (Fsp3) is 0.125. The van der Waals surface area contributed by atoms with Crippen molar-refractivity contribution in [3.05, 3.63) is 94.5 Å². The van der Waals surface area contributed by atoms with Crippen LogP contribution in [0.15, 0.2) is 72.8 Å². The highest BCUT2D eigenvalue weighted by molar-refractivity contribution is 6.30. The lowest BCUT2D eigenvalue weighted by Gasteiger charge is -2.18. The second-order valence-corrected chi connectivity index (χ2v) is 7.70. The molecule has 1 N–H and O–H groups in total. The van der Waals surface area contributed by atoms with E-state index in [1.807, 2.05) is 0 Å². The molecule has 0 aliphatic rings. The van der Waals surface area contributed by atoms with E-state index >= 15 is 0 Å². The Morgan fingerprint density at radius 2 is 1.74 bits per heavy atom. The molecule has 0 atom stereocenters. The third-order valence-electron chi connectivity index (χ3n) is 4.92. The van der Waals surface area contributed by atoms with Gasteiger partial charge >= 0.3 is 0 Å². The number of rotatable bonds is 7. The number of benzene rings is 3. The van der Waals surface area contributed by atoms with E-state index < -0.39 is 24.8 Å². The number of hydrogen-bond acceptors (Lipinski definition) is 4. The van der Waals surface area contributed by atoms with Crippen molar-refractivity contribution in [2.24, 2.45) is 0 Å². The fourth-order valence-corrected chi connectivity index (χ4v) is 3.35. The van der Waals surface area contributed by atoms with Gasteiger partial charge in [0.1, 0.15) is 11.3 Å². The van der Waals surface area contributed by atoms with Crippen molar-refractivity contribution in [3.63, 3.8) is 0 Å². The highest BCUT2D eigenvalue weighted by Gasteiger charge is 2.33. The van der Waals surface area contributed by atoms with Crippen LogP contribution in [0.4, 0.5) is 17.6 Å². The van der Waals surface area contributed by atoms with Crippen LogP contribution < -0.4 is 10.1 Å². The highest BCUT2D eigenvalue weighted by Crippen LogP contribution is 2.32. The molecule has 3 aromatic carbocycles. The van der Waals surface area contributed by atoms with Crippen LogP contribution in [0.5, 0.6) is 11.6 Å². The first-order chi connectivity index (χ1) is 16.2. The van der Waals surface area contributed by atoms with E-state index in [0.29, 0.717) is 15.9 Å². The van der Waals surface area contributed by atoms with Crippen molar-refractivity contribution in [2.75, 3.05) is 6.54 Å². The predicted molar refractivity (Wildman–Crippen MR) is 119 cm³/mol. The van der Waals surface area contributed by atoms with Gasteiger partial charge < -0.3 is 10.1 Å². The number of nitrogens with zero attached hydrogens (tertiary/aromatic N) is 2. The van der Waals surface area contributed by atoms with Crippen molar-refractivity contribution in [1.82, 2.24) is 15.5 Å². The maximum atomic E-state index is 14.7. The van der Waals surface area contributed by atoms with Gasteiger partial charge in [-0.2, -0.15) is 8.78 Å². The van der Waals surface area contributed by atoms with Gasteiger partial charge in [0.15, 0.2) is 0 Å². The first-order valence-corrected chi connectivity index (χ1v) is 10.4. The molecule has 0 unspecified atom stereocenters. The Bertz CT molecular complexity index is 1330. The molecule has 34 heavy (non-hydrogen) atoms. The summed E-state index contributed by atoms with van der Waals surface area (Å²) in [5.74, 6) is -4.59. The Labute approximate surface area is 196 Å². The molecule has 0 fully saturated rings. The highest BCUT2D eigenvalue weighted by atomic mass is 35.5. The van der Waals surface area contributed by atoms with Gasteiger partial charge in [-0.1, -0.05) is 54.1 Å². The number of carbonyl (C=O) groups excluding carboxylic acids is 1. The smallest absolute Gasteiger partial charge is 0.290 e. The van der Waals surface area contributed by atoms with Gasteiger partial charge in [0.2, 0.25) is 0 Å². The number of ether oxygens (including phenoxy) is 1. The molecule has 174 valence electrons. The molecule has 0 aliphatic heterocycles. The SMILES string of the molecule is O=C(NCC(F)(F)c1ccc(Cl)cc1)c1c(Oc2cccc(C(F)F)c2)nnc2ccccc12. The van der Waals surface area contributed by atoms with Crippen molar-refractivity contribution >= 4 is 28.4 Å². The summed E-state index contributed by atoms with van der Waals surface area (Å²) >= 11 is 5.75. The molecule has 4 aromatic rings. The van der Waals surface area contributed by atoms with Crippen molar-refractivity contribution in [3.8, 4) is 11.6 Å². The number of carbonyl (C=O) groups is 1. The number of alkyl halides is 4. The fourth-order valence-electron chi connectivity index (χ4n) is 3.23. The lowest BCUT2D eigenvalue weighted by molar-refractivity contribution is -0.00248. The maximum absolute atomic E-state index is 14.7. The molecule has 1 heterocycles. The van der Waals surface area contributed by atoms with Crippen LogP contribution in [0.1, 0.15) is 27.9 Å². The Balaban J connectivity index is 1.65. The average molecular weight is 490 g/mol. The second kappa shape index (κ2) is 9.64. The van der Waals surface area contributed by atoms with Gasteiger partial charge in [0.25, 0.3) is 24.1 Å². The Hall–Kier alpha value is -3.72. The van der Waals surface area contributed by atoms with Gasteiger partial charge in [-0.3, -0.25) is 4.79 Å². The molecular weight excluding hydrogens is 474 g/mol. The summed E-state index contributed by atoms with van der Waals surface area (Å²) in [6.07, 6.45) is -2.73. The van der Waals surface area contributed by atoms with Crippen LogP contribution in [0.3, 0.4) is 0 Å². The summed E-state index contributed by atoms with van der Waals surface area (Å²) in [5.41, 5.74) is -0.444. The van der Waals surface area contributed by atoms with Gasteiger partial charge in [0.05, 0.1) is 12.1 Å². The number of hydrogen-bond donors (Lipinski definition) is 1. The quantitative estimate of drug-likeness (QED) is 0.300. The Kier molecular flexibility index (Phi) is 6.65. The second-order valence-electron chi connectivity index (χ2n) is 7.27. The van der Waals surface area contributed by atoms with Gasteiger partial charge in [-0.25, -0.2) is 8.78 Å². The minimum Gasteiger partial charge on any atom is -0.437 e. The standard InChI is InChI=1S/C24H16ClF4N3O2/c25-16-10-8-15(9-11-16)24(28,29)13-30-22(33)20-18-6-1-2-7-19(18)31-32-23(20)34-17-5-3-4-14(12-17)21(26)27/h1-12,21H,13H2,(H,30,33). The molecule has 10 heteroatoms. The molecule has 0 radical (unpaired) electrons. The van der Waals surface area contributed by atoms with Gasteiger partial charge in [-0.15, -0.1) is 10.2 Å². The molecule has 0 aliphatic carbocycles. The van der Waals surface area contributed by atoms with Crippen LogP contribution in [-0.2, 0) is 5.92 Å². The predicted octanol–water partition coefficient (Wildman–Crippen LogP) is 6.53. The summed E-state index contributed by atoms with van der Waals surface area (Å²) < 4.78 is 61.0. The third-order valence-corrected chi connectivity index (χ3v) is 5.18. The van der Waals surface area contributed by atoms with Crippen LogP contribution in [0.2, 0.25) is 5.02 Å². The zero-order chi connectivity index (χ0) is 24.3. The molecule has 5 nitrogen and oxygen atoms in total. The van der Waals surface area contributed by atoms with Gasteiger partial charge in [-0.05, 0) is 30.3 Å². The number of nitrogens with one attached hydrogen (secondary N) is 1. The lowest BCUT2D eigenvalue weighted by atomic mass is 10.1. The molecule has 1 amide bonds. The molecule has 0 saturated heterocycles. The van der Waals surface area contributed by atoms with Crippen LogP contribution in [-0.4, -0.2) is 22.6 Å². The van der Waals surface area contributed by atoms with E-state index in [1.165, 1.54) is 42.5 Å². The van der Waals surface area contributed by atoms with Crippen LogP contribution in [0, 0.1) is 0 Å². The maximum Gasteiger partial charge on any atom is 0.290 e. The Morgan fingerprint density at radius 1 is 1.00 bits per heavy atom.